The Labute approximate surface area is 281 Å². The van der Waals surface area contributed by atoms with Crippen LogP contribution in [0.25, 0.3) is 0 Å². The second kappa shape index (κ2) is 13.0. The highest BCUT2D eigenvalue weighted by Crippen LogP contribution is 2.58. The molecule has 6 rings (SSSR count). The lowest BCUT2D eigenvalue weighted by Crippen LogP contribution is -2.50. The van der Waals surface area contributed by atoms with Crippen LogP contribution in [0.5, 0.6) is 5.75 Å². The van der Waals surface area contributed by atoms with E-state index in [9.17, 15) is 19.5 Å². The molecule has 0 aromatic heterocycles. The normalized spacial score (nSPS) is 20.2. The number of aromatic carboxylic acids is 1. The third-order valence-corrected chi connectivity index (χ3v) is 9.50. The largest absolute Gasteiger partial charge is 0.494 e. The fourth-order valence-corrected chi connectivity index (χ4v) is 7.36. The highest BCUT2D eigenvalue weighted by atomic mass is 35.5. The third kappa shape index (κ3) is 5.84. The summed E-state index contributed by atoms with van der Waals surface area (Å²) in [5.74, 6) is -3.65. The van der Waals surface area contributed by atoms with Gasteiger partial charge in [-0.1, -0.05) is 65.7 Å². The molecular formula is C36H32Cl2FN3O5. The molecule has 0 radical (unpaired) electrons. The Balaban J connectivity index is 1.49. The second-order valence-corrected chi connectivity index (χ2v) is 12.6. The van der Waals surface area contributed by atoms with Crippen LogP contribution < -0.4 is 10.1 Å². The highest BCUT2D eigenvalue weighted by molar-refractivity contribution is 6.31. The fraction of sp³-hybridized carbons (Fsp3) is 0.250. The first-order chi connectivity index (χ1) is 22.5. The monoisotopic (exact) mass is 675 g/mol. The summed E-state index contributed by atoms with van der Waals surface area (Å²) in [6, 6.07) is 23.5. The number of nitrogens with one attached hydrogen (secondary N) is 1. The number of ether oxygens (including phenoxy) is 1. The van der Waals surface area contributed by atoms with Gasteiger partial charge in [-0.15, -0.1) is 0 Å². The number of carbonyl (C=O) groups is 3. The topological polar surface area (TPSA) is 99.2 Å². The van der Waals surface area contributed by atoms with Crippen LogP contribution in [-0.4, -0.2) is 52.9 Å². The lowest BCUT2D eigenvalue weighted by Gasteiger charge is -2.38. The minimum absolute atomic E-state index is 0.117. The van der Waals surface area contributed by atoms with Crippen LogP contribution >= 0.6 is 23.2 Å². The van der Waals surface area contributed by atoms with Crippen molar-refractivity contribution >= 4 is 46.7 Å². The van der Waals surface area contributed by atoms with Gasteiger partial charge in [0.15, 0.2) is 0 Å². The molecule has 0 bridgehead atoms. The Morgan fingerprint density at radius 1 is 1.04 bits per heavy atom. The average Bonchev–Trinajstić information content (AvgIpc) is 3.52. The molecule has 0 aliphatic carbocycles. The number of hydrogen-bond acceptors (Lipinski definition) is 5. The van der Waals surface area contributed by atoms with Gasteiger partial charge in [-0.25, -0.2) is 9.18 Å². The van der Waals surface area contributed by atoms with E-state index in [0.29, 0.717) is 34.2 Å². The summed E-state index contributed by atoms with van der Waals surface area (Å²) in [5, 5.41) is 12.6. The number of nitrogens with zero attached hydrogens (tertiary/aromatic N) is 2. The third-order valence-electron chi connectivity index (χ3n) is 8.97. The molecule has 2 aliphatic rings. The Bertz CT molecular complexity index is 1870. The minimum Gasteiger partial charge on any atom is -0.494 e. The van der Waals surface area contributed by atoms with Crippen LogP contribution in [0.1, 0.15) is 45.5 Å². The lowest BCUT2D eigenvalue weighted by molar-refractivity contribution is -0.135. The molecule has 1 unspecified atom stereocenters. The van der Waals surface area contributed by atoms with E-state index in [1.807, 2.05) is 36.1 Å². The van der Waals surface area contributed by atoms with Crippen LogP contribution in [-0.2, 0) is 28.2 Å². The summed E-state index contributed by atoms with van der Waals surface area (Å²) in [5.41, 5.74) is 1.41. The van der Waals surface area contributed by atoms with E-state index in [2.05, 4.69) is 5.32 Å². The Kier molecular flexibility index (Phi) is 8.98. The van der Waals surface area contributed by atoms with Crippen molar-refractivity contribution in [3.8, 4) is 5.75 Å². The number of fused-ring (bicyclic) bond motifs is 2. The minimum atomic E-state index is -1.50. The maximum absolute atomic E-state index is 16.1. The van der Waals surface area contributed by atoms with Crippen molar-refractivity contribution in [1.29, 1.82) is 0 Å². The molecule has 11 heteroatoms. The Morgan fingerprint density at radius 3 is 2.51 bits per heavy atom. The van der Waals surface area contributed by atoms with Gasteiger partial charge in [0.05, 0.1) is 23.1 Å². The van der Waals surface area contributed by atoms with Crippen LogP contribution in [0, 0.1) is 11.7 Å². The van der Waals surface area contributed by atoms with Gasteiger partial charge in [0.25, 0.3) is 0 Å². The van der Waals surface area contributed by atoms with E-state index < -0.39 is 35.1 Å². The van der Waals surface area contributed by atoms with Gasteiger partial charge >= 0.3 is 5.97 Å². The maximum atomic E-state index is 16.1. The van der Waals surface area contributed by atoms with Crippen molar-refractivity contribution in [3.63, 3.8) is 0 Å². The molecule has 3 atom stereocenters. The first-order valence-corrected chi connectivity index (χ1v) is 15.9. The van der Waals surface area contributed by atoms with E-state index in [-0.39, 0.29) is 41.7 Å². The number of carboxylic acids is 1. The van der Waals surface area contributed by atoms with Crippen molar-refractivity contribution in [1.82, 2.24) is 9.80 Å². The number of benzene rings is 4. The molecule has 47 heavy (non-hydrogen) atoms. The van der Waals surface area contributed by atoms with Crippen molar-refractivity contribution in [3.05, 3.63) is 129 Å². The van der Waals surface area contributed by atoms with Crippen LogP contribution in [0.3, 0.4) is 0 Å². The standard InChI is InChI=1S/C36H32Cl2FN3O5/c1-3-47-25-7-4-6-22(16-25)19-42-20-27(33(43)41(2)18-21-10-12-23(13-11-21)34(44)45)31(26-8-5-9-29(38)32(26)39)36(42)28-15-14-24(37)17-30(28)40-35(36)46/h4-17,27,31H,3,18-20H2,1-2H3,(H,40,46)(H,44,45)/t27?,31-,36-/m0/s1. The number of carbonyl (C=O) groups excluding carboxylic acids is 2. The van der Waals surface area contributed by atoms with Gasteiger partial charge in [0, 0.05) is 48.9 Å². The first kappa shape index (κ1) is 32.5. The molecule has 4 aromatic carbocycles. The average molecular weight is 677 g/mol. The summed E-state index contributed by atoms with van der Waals surface area (Å²) in [7, 11) is 1.64. The molecule has 2 aliphatic heterocycles. The Hall–Kier alpha value is -4.44. The van der Waals surface area contributed by atoms with Gasteiger partial charge in [-0.3, -0.25) is 14.5 Å². The molecule has 2 N–H and O–H groups in total. The summed E-state index contributed by atoms with van der Waals surface area (Å²) in [4.78, 5) is 43.8. The number of rotatable bonds is 9. The Morgan fingerprint density at radius 2 is 1.79 bits per heavy atom. The predicted octanol–water partition coefficient (Wildman–Crippen LogP) is 6.95. The van der Waals surface area contributed by atoms with E-state index in [1.165, 1.54) is 23.1 Å². The van der Waals surface area contributed by atoms with Crippen LogP contribution in [0.2, 0.25) is 10.0 Å². The number of likely N-dealkylation sites (tertiary alicyclic amines) is 1. The van der Waals surface area contributed by atoms with Gasteiger partial charge in [-0.2, -0.15) is 0 Å². The smallest absolute Gasteiger partial charge is 0.335 e. The fourth-order valence-electron chi connectivity index (χ4n) is 7.01. The van der Waals surface area contributed by atoms with Crippen molar-refractivity contribution in [2.24, 2.45) is 5.92 Å². The van der Waals surface area contributed by atoms with Gasteiger partial charge in [0.2, 0.25) is 11.8 Å². The zero-order valence-electron chi connectivity index (χ0n) is 25.7. The van der Waals surface area contributed by atoms with E-state index in [1.54, 1.807) is 49.5 Å². The zero-order chi connectivity index (χ0) is 33.5. The van der Waals surface area contributed by atoms with Crippen LogP contribution in [0.4, 0.5) is 10.1 Å². The number of anilines is 1. The number of carboxylic acid groups (broad SMARTS) is 1. The number of halogens is 3. The molecule has 242 valence electrons. The van der Waals surface area contributed by atoms with E-state index in [0.717, 1.165) is 5.56 Å². The van der Waals surface area contributed by atoms with Gasteiger partial charge < -0.3 is 20.1 Å². The SMILES string of the molecule is CCOc1cccc(CN2CC(C(=O)N(C)Cc3ccc(C(=O)O)cc3)[C@H](c3cccc(Cl)c3F)[C@@]23C(=O)Nc2cc(Cl)ccc23)c1. The molecule has 2 amide bonds. The number of hydrogen-bond donors (Lipinski definition) is 2. The molecule has 1 fully saturated rings. The molecule has 8 nitrogen and oxygen atoms in total. The molecular weight excluding hydrogens is 644 g/mol. The molecule has 4 aromatic rings. The van der Waals surface area contributed by atoms with Crippen molar-refractivity contribution in [2.75, 3.05) is 25.5 Å². The predicted molar refractivity (Wildman–Crippen MR) is 177 cm³/mol. The summed E-state index contributed by atoms with van der Waals surface area (Å²) in [6.07, 6.45) is 0. The lowest BCUT2D eigenvalue weighted by atomic mass is 9.71. The summed E-state index contributed by atoms with van der Waals surface area (Å²) >= 11 is 12.7. The van der Waals surface area contributed by atoms with Gasteiger partial charge in [-0.05, 0) is 66.1 Å². The van der Waals surface area contributed by atoms with Crippen molar-refractivity contribution < 1.29 is 28.6 Å². The van der Waals surface area contributed by atoms with Crippen LogP contribution in [0.15, 0.2) is 84.9 Å². The second-order valence-electron chi connectivity index (χ2n) is 11.8. The van der Waals surface area contributed by atoms with E-state index >= 15 is 4.39 Å². The molecule has 0 saturated carbocycles. The quantitative estimate of drug-likeness (QED) is 0.199. The molecule has 1 saturated heterocycles. The molecule has 1 spiro atoms. The molecule has 2 heterocycles. The highest BCUT2D eigenvalue weighted by Gasteiger charge is 2.65. The summed E-state index contributed by atoms with van der Waals surface area (Å²) in [6.45, 7) is 2.91. The first-order valence-electron chi connectivity index (χ1n) is 15.1. The summed E-state index contributed by atoms with van der Waals surface area (Å²) < 4.78 is 21.9. The van der Waals surface area contributed by atoms with Crippen molar-refractivity contribution in [2.45, 2.75) is 31.5 Å². The maximum Gasteiger partial charge on any atom is 0.335 e. The van der Waals surface area contributed by atoms with Gasteiger partial charge in [0.1, 0.15) is 17.1 Å². The number of amides is 2. The zero-order valence-corrected chi connectivity index (χ0v) is 27.2. The van der Waals surface area contributed by atoms with E-state index in [4.69, 9.17) is 27.9 Å².